The van der Waals surface area contributed by atoms with Crippen molar-refractivity contribution in [2.24, 2.45) is 11.7 Å². The Kier molecular flexibility index (Phi) is 12.4. The number of fused-ring (bicyclic) bond motifs is 1. The van der Waals surface area contributed by atoms with Gasteiger partial charge in [0.25, 0.3) is 0 Å². The Morgan fingerprint density at radius 3 is 1.88 bits per heavy atom. The molecule has 4 aromatic carbocycles. The van der Waals surface area contributed by atoms with Crippen molar-refractivity contribution in [1.29, 1.82) is 0 Å². The molecule has 3 amide bonds. The molecule has 11 nitrogen and oxygen atoms in total. The van der Waals surface area contributed by atoms with E-state index >= 15 is 0 Å². The summed E-state index contributed by atoms with van der Waals surface area (Å²) in [6.07, 6.45) is 3.84. The van der Waals surface area contributed by atoms with Gasteiger partial charge in [-0.25, -0.2) is 9.78 Å². The number of primary amides is 1. The molecular weight excluding hydrogens is 705 g/mol. The molecule has 56 heavy (non-hydrogen) atoms. The lowest BCUT2D eigenvalue weighted by atomic mass is 9.76. The maximum absolute atomic E-state index is 14.5. The van der Waals surface area contributed by atoms with Crippen LogP contribution >= 0.6 is 0 Å². The van der Waals surface area contributed by atoms with Crippen molar-refractivity contribution >= 4 is 23.7 Å². The molecule has 2 heterocycles. The number of nitrogens with zero attached hydrogens (tertiary/aromatic N) is 3. The highest BCUT2D eigenvalue weighted by Gasteiger charge is 2.41. The zero-order valence-corrected chi connectivity index (χ0v) is 32.0. The van der Waals surface area contributed by atoms with Crippen LogP contribution in [0.5, 0.6) is 0 Å². The molecule has 0 radical (unpaired) electrons. The highest BCUT2D eigenvalue weighted by atomic mass is 16.4. The van der Waals surface area contributed by atoms with E-state index in [2.05, 4.69) is 64.7 Å². The normalized spacial score (nSPS) is 15.7. The van der Waals surface area contributed by atoms with Gasteiger partial charge < -0.3 is 30.9 Å². The van der Waals surface area contributed by atoms with Crippen LogP contribution in [0.1, 0.15) is 73.0 Å². The van der Waals surface area contributed by atoms with Crippen LogP contribution in [0.25, 0.3) is 0 Å². The van der Waals surface area contributed by atoms with E-state index < -0.39 is 41.4 Å². The number of benzene rings is 4. The quantitative estimate of drug-likeness (QED) is 0.100. The van der Waals surface area contributed by atoms with E-state index in [4.69, 9.17) is 10.7 Å². The lowest BCUT2D eigenvalue weighted by Gasteiger charge is -2.39. The average Bonchev–Trinajstić information content (AvgIpc) is 3.71. The van der Waals surface area contributed by atoms with E-state index in [1.54, 1.807) is 4.90 Å². The predicted molar refractivity (Wildman–Crippen MR) is 214 cm³/mol. The monoisotopic (exact) mass is 754 g/mol. The molecular formula is C45H50N6O5. The largest absolute Gasteiger partial charge is 0.480 e. The highest BCUT2D eigenvalue weighted by molar-refractivity contribution is 5.92. The third-order valence-corrected chi connectivity index (χ3v) is 10.8. The van der Waals surface area contributed by atoms with E-state index in [1.165, 1.54) is 0 Å². The number of carboxylic acids is 1. The molecule has 2 unspecified atom stereocenters. The molecule has 0 aliphatic carbocycles. The van der Waals surface area contributed by atoms with Crippen molar-refractivity contribution in [3.05, 3.63) is 161 Å². The first kappa shape index (κ1) is 39.6. The summed E-state index contributed by atoms with van der Waals surface area (Å²) in [6, 6.07) is 35.9. The van der Waals surface area contributed by atoms with Gasteiger partial charge in [-0.2, -0.15) is 0 Å². The number of amides is 3. The standard InChI is InChI=1S/C45H50N6O5/c1-30(2)41(43(54)51-27-33-16-14-13-15-32(33)25-39(51)42(53)49-37(44(55)56)23-24-40(46)52)47-26-31(3)38-28-50(29-48-38)45(34-17-7-4-8-18-34,35-19-9-5-10-20-35)36-21-11-6-12-22-36/h4-22,28-31,37,39,41,47H,23-27H2,1-3H3,(H2,46,52)(H,49,53)(H,55,56)/t31?,37-,39?,41-/m0/s1. The van der Waals surface area contributed by atoms with Gasteiger partial charge in [-0.15, -0.1) is 0 Å². The fourth-order valence-electron chi connectivity index (χ4n) is 7.76. The van der Waals surface area contributed by atoms with Crippen molar-refractivity contribution in [3.63, 3.8) is 0 Å². The number of carboxylic acid groups (broad SMARTS) is 1. The molecule has 5 aromatic rings. The molecule has 1 aliphatic rings. The zero-order valence-electron chi connectivity index (χ0n) is 32.0. The second kappa shape index (κ2) is 17.6. The van der Waals surface area contributed by atoms with Gasteiger partial charge in [0.2, 0.25) is 17.7 Å². The number of hydrogen-bond donors (Lipinski definition) is 4. The molecule has 5 N–H and O–H groups in total. The van der Waals surface area contributed by atoms with E-state index in [1.807, 2.05) is 99.0 Å². The van der Waals surface area contributed by atoms with Crippen molar-refractivity contribution in [2.75, 3.05) is 6.54 Å². The lowest BCUT2D eigenvalue weighted by molar-refractivity contribution is -0.147. The number of carbonyl (C=O) groups is 4. The molecule has 6 rings (SSSR count). The van der Waals surface area contributed by atoms with Crippen LogP contribution in [0.4, 0.5) is 0 Å². The molecule has 11 heteroatoms. The second-order valence-electron chi connectivity index (χ2n) is 14.9. The molecule has 0 spiro atoms. The van der Waals surface area contributed by atoms with E-state index in [-0.39, 0.29) is 43.6 Å². The predicted octanol–water partition coefficient (Wildman–Crippen LogP) is 5.23. The number of hydrogen-bond acceptors (Lipinski definition) is 6. The first-order valence-electron chi connectivity index (χ1n) is 19.1. The van der Waals surface area contributed by atoms with Crippen LogP contribution in [0.3, 0.4) is 0 Å². The van der Waals surface area contributed by atoms with Gasteiger partial charge in [0.15, 0.2) is 0 Å². The Balaban J connectivity index is 1.26. The van der Waals surface area contributed by atoms with Crippen LogP contribution in [0.15, 0.2) is 128 Å². The Morgan fingerprint density at radius 1 is 0.821 bits per heavy atom. The second-order valence-corrected chi connectivity index (χ2v) is 14.9. The van der Waals surface area contributed by atoms with E-state index in [0.29, 0.717) is 6.54 Å². The summed E-state index contributed by atoms with van der Waals surface area (Å²) in [4.78, 5) is 58.3. The maximum atomic E-state index is 14.5. The van der Waals surface area contributed by atoms with Crippen molar-refractivity contribution in [3.8, 4) is 0 Å². The number of imidazole rings is 1. The number of aromatic nitrogens is 2. The third kappa shape index (κ3) is 8.43. The minimum absolute atomic E-state index is 0.104. The molecule has 0 fully saturated rings. The molecule has 0 bridgehead atoms. The molecule has 1 aliphatic heterocycles. The Hall–Kier alpha value is -6.07. The third-order valence-electron chi connectivity index (χ3n) is 10.8. The molecule has 0 saturated carbocycles. The Labute approximate surface area is 328 Å². The number of rotatable bonds is 16. The number of nitrogens with one attached hydrogen (secondary N) is 2. The summed E-state index contributed by atoms with van der Waals surface area (Å²) in [7, 11) is 0. The number of nitrogens with two attached hydrogens (primary N) is 1. The van der Waals surface area contributed by atoms with E-state index in [0.717, 1.165) is 33.5 Å². The number of aliphatic carboxylic acids is 1. The van der Waals surface area contributed by atoms with Gasteiger partial charge in [0.05, 0.1) is 18.1 Å². The number of carbonyl (C=O) groups excluding carboxylic acids is 3. The van der Waals surface area contributed by atoms with Crippen molar-refractivity contribution in [1.82, 2.24) is 25.1 Å². The molecule has 4 atom stereocenters. The molecule has 0 saturated heterocycles. The fourth-order valence-corrected chi connectivity index (χ4v) is 7.76. The molecule has 1 aromatic heterocycles. The zero-order chi connectivity index (χ0) is 39.8. The summed E-state index contributed by atoms with van der Waals surface area (Å²) in [5.74, 6) is -3.04. The first-order valence-corrected chi connectivity index (χ1v) is 19.1. The van der Waals surface area contributed by atoms with Crippen LogP contribution in [-0.4, -0.2) is 67.9 Å². The van der Waals surface area contributed by atoms with Gasteiger partial charge in [-0.1, -0.05) is 136 Å². The average molecular weight is 755 g/mol. The SMILES string of the molecule is CC(CN[C@H](C(=O)N1Cc2ccccc2CC1C(=O)N[C@@H](CCC(N)=O)C(=O)O)C(C)C)c1cn(C(c2ccccc2)(c2ccccc2)c2ccccc2)cn1. The van der Waals surface area contributed by atoms with E-state index in [9.17, 15) is 24.3 Å². The smallest absolute Gasteiger partial charge is 0.326 e. The Morgan fingerprint density at radius 2 is 1.36 bits per heavy atom. The van der Waals surface area contributed by atoms with Crippen LogP contribution < -0.4 is 16.4 Å². The van der Waals surface area contributed by atoms with Crippen molar-refractivity contribution in [2.45, 2.75) is 76.2 Å². The summed E-state index contributed by atoms with van der Waals surface area (Å²) < 4.78 is 2.17. The topological polar surface area (TPSA) is 160 Å². The summed E-state index contributed by atoms with van der Waals surface area (Å²) in [6.45, 7) is 6.61. The van der Waals surface area contributed by atoms with Gasteiger partial charge in [-0.3, -0.25) is 14.4 Å². The highest BCUT2D eigenvalue weighted by Crippen LogP contribution is 2.41. The van der Waals surface area contributed by atoms with Crippen molar-refractivity contribution < 1.29 is 24.3 Å². The van der Waals surface area contributed by atoms with Crippen LogP contribution in [0.2, 0.25) is 0 Å². The minimum atomic E-state index is -1.33. The molecule has 290 valence electrons. The van der Waals surface area contributed by atoms with Crippen LogP contribution in [-0.2, 0) is 37.7 Å². The van der Waals surface area contributed by atoms with Gasteiger partial charge >= 0.3 is 5.97 Å². The summed E-state index contributed by atoms with van der Waals surface area (Å²) in [5, 5.41) is 15.9. The van der Waals surface area contributed by atoms with Gasteiger partial charge in [0, 0.05) is 38.0 Å². The first-order chi connectivity index (χ1) is 27.0. The van der Waals surface area contributed by atoms with Gasteiger partial charge in [-0.05, 0) is 40.2 Å². The Bertz CT molecular complexity index is 2020. The minimum Gasteiger partial charge on any atom is -0.480 e. The van der Waals surface area contributed by atoms with Gasteiger partial charge in [0.1, 0.15) is 17.6 Å². The maximum Gasteiger partial charge on any atom is 0.326 e. The fraction of sp³-hybridized carbons (Fsp3) is 0.311. The summed E-state index contributed by atoms with van der Waals surface area (Å²) in [5.41, 5.74) is 10.5. The van der Waals surface area contributed by atoms with Crippen LogP contribution in [0, 0.1) is 5.92 Å². The lowest BCUT2D eigenvalue weighted by Crippen LogP contribution is -2.59. The summed E-state index contributed by atoms with van der Waals surface area (Å²) >= 11 is 0.